The van der Waals surface area contributed by atoms with Crippen molar-refractivity contribution in [2.45, 2.75) is 45.3 Å². The van der Waals surface area contributed by atoms with Crippen LogP contribution in [0.25, 0.3) is 0 Å². The van der Waals surface area contributed by atoms with E-state index in [4.69, 9.17) is 9.84 Å². The first-order chi connectivity index (χ1) is 7.13. The van der Waals surface area contributed by atoms with Crippen molar-refractivity contribution in [3.63, 3.8) is 0 Å². The summed E-state index contributed by atoms with van der Waals surface area (Å²) >= 11 is 0. The van der Waals surface area contributed by atoms with Crippen LogP contribution in [0.2, 0.25) is 0 Å². The third-order valence-corrected chi connectivity index (χ3v) is 2.57. The van der Waals surface area contributed by atoms with Crippen LogP contribution in [0.3, 0.4) is 0 Å². The highest BCUT2D eigenvalue weighted by molar-refractivity contribution is 5.76. The van der Waals surface area contributed by atoms with E-state index >= 15 is 0 Å². The monoisotopic (exact) mass is 215 g/mol. The Hall–Kier alpha value is -0.610. The summed E-state index contributed by atoms with van der Waals surface area (Å²) in [5.74, 6) is 0.186. The van der Waals surface area contributed by atoms with Gasteiger partial charge < -0.3 is 14.7 Å². The van der Waals surface area contributed by atoms with Gasteiger partial charge in [0.1, 0.15) is 0 Å². The molecule has 0 aromatic carbocycles. The van der Waals surface area contributed by atoms with Crippen LogP contribution in [0.1, 0.15) is 33.1 Å². The van der Waals surface area contributed by atoms with E-state index in [9.17, 15) is 4.79 Å². The van der Waals surface area contributed by atoms with Gasteiger partial charge in [-0.2, -0.15) is 0 Å². The van der Waals surface area contributed by atoms with Crippen molar-refractivity contribution in [1.29, 1.82) is 0 Å². The Morgan fingerprint density at radius 1 is 1.33 bits per heavy atom. The molecule has 1 aliphatic heterocycles. The molecule has 1 heterocycles. The first-order valence-corrected chi connectivity index (χ1v) is 5.67. The summed E-state index contributed by atoms with van der Waals surface area (Å²) in [6, 6.07) is 0. The molecule has 1 N–H and O–H groups in total. The third-order valence-electron chi connectivity index (χ3n) is 2.57. The number of unbranched alkanes of at least 4 members (excludes halogenated alkanes) is 1. The smallest absolute Gasteiger partial charge is 0.222 e. The number of carbonyl (C=O) groups is 1. The number of rotatable bonds is 4. The summed E-state index contributed by atoms with van der Waals surface area (Å²) in [6.45, 7) is 5.54. The number of hydrogen-bond acceptors (Lipinski definition) is 3. The zero-order valence-corrected chi connectivity index (χ0v) is 9.61. The van der Waals surface area contributed by atoms with E-state index in [1.165, 1.54) is 0 Å². The SMILES string of the molecule is CC1CN(C(=O)CCCCO)CC(C)O1. The Morgan fingerprint density at radius 3 is 2.47 bits per heavy atom. The zero-order valence-electron chi connectivity index (χ0n) is 9.61. The summed E-state index contributed by atoms with van der Waals surface area (Å²) in [5.41, 5.74) is 0. The summed E-state index contributed by atoms with van der Waals surface area (Å²) in [6.07, 6.45) is 2.29. The fourth-order valence-electron chi connectivity index (χ4n) is 1.93. The van der Waals surface area contributed by atoms with Crippen molar-refractivity contribution >= 4 is 5.91 Å². The Morgan fingerprint density at radius 2 is 1.93 bits per heavy atom. The molecular formula is C11H21NO3. The van der Waals surface area contributed by atoms with Crippen molar-refractivity contribution in [2.24, 2.45) is 0 Å². The van der Waals surface area contributed by atoms with E-state index in [2.05, 4.69) is 0 Å². The van der Waals surface area contributed by atoms with Crippen LogP contribution < -0.4 is 0 Å². The lowest BCUT2D eigenvalue weighted by Gasteiger charge is -2.35. The van der Waals surface area contributed by atoms with Crippen LogP contribution in [-0.2, 0) is 9.53 Å². The second-order valence-corrected chi connectivity index (χ2v) is 4.24. The second-order valence-electron chi connectivity index (χ2n) is 4.24. The third kappa shape index (κ3) is 4.18. The average Bonchev–Trinajstić information content (AvgIpc) is 2.16. The molecule has 1 saturated heterocycles. The summed E-state index contributed by atoms with van der Waals surface area (Å²) in [5, 5.41) is 8.63. The van der Waals surface area contributed by atoms with Crippen LogP contribution >= 0.6 is 0 Å². The maximum Gasteiger partial charge on any atom is 0.222 e. The van der Waals surface area contributed by atoms with Gasteiger partial charge in [0.15, 0.2) is 0 Å². The van der Waals surface area contributed by atoms with Crippen LogP contribution in [-0.4, -0.2) is 47.8 Å². The van der Waals surface area contributed by atoms with Gasteiger partial charge in [-0.15, -0.1) is 0 Å². The molecule has 4 heteroatoms. The van der Waals surface area contributed by atoms with E-state index < -0.39 is 0 Å². The molecular weight excluding hydrogens is 194 g/mol. The quantitative estimate of drug-likeness (QED) is 0.705. The molecule has 2 unspecified atom stereocenters. The molecule has 15 heavy (non-hydrogen) atoms. The Bertz CT molecular complexity index is 198. The number of aliphatic hydroxyl groups excluding tert-OH is 1. The van der Waals surface area contributed by atoms with Crippen molar-refractivity contribution in [3.05, 3.63) is 0 Å². The molecule has 0 spiro atoms. The zero-order chi connectivity index (χ0) is 11.3. The molecule has 0 aliphatic carbocycles. The molecule has 88 valence electrons. The van der Waals surface area contributed by atoms with Gasteiger partial charge in [0, 0.05) is 26.1 Å². The lowest BCUT2D eigenvalue weighted by Crippen LogP contribution is -2.48. The molecule has 1 fully saturated rings. The minimum atomic E-state index is 0.135. The van der Waals surface area contributed by atoms with Crippen molar-refractivity contribution < 1.29 is 14.6 Å². The normalized spacial score (nSPS) is 26.7. The number of aliphatic hydroxyl groups is 1. The highest BCUT2D eigenvalue weighted by atomic mass is 16.5. The van der Waals surface area contributed by atoms with E-state index in [0.29, 0.717) is 25.9 Å². The van der Waals surface area contributed by atoms with Gasteiger partial charge in [-0.3, -0.25) is 4.79 Å². The number of hydrogen-bond donors (Lipinski definition) is 1. The van der Waals surface area contributed by atoms with Crippen molar-refractivity contribution in [3.8, 4) is 0 Å². The van der Waals surface area contributed by atoms with Gasteiger partial charge in [-0.25, -0.2) is 0 Å². The van der Waals surface area contributed by atoms with Crippen LogP contribution in [0, 0.1) is 0 Å². The summed E-state index contributed by atoms with van der Waals surface area (Å²) in [7, 11) is 0. The highest BCUT2D eigenvalue weighted by Crippen LogP contribution is 2.12. The molecule has 0 saturated carbocycles. The van der Waals surface area contributed by atoms with Gasteiger partial charge in [-0.05, 0) is 26.7 Å². The standard InChI is InChI=1S/C11H21NO3/c1-9-7-12(8-10(2)15-9)11(14)5-3-4-6-13/h9-10,13H,3-8H2,1-2H3. The molecule has 4 nitrogen and oxygen atoms in total. The lowest BCUT2D eigenvalue weighted by molar-refractivity contribution is -0.143. The van der Waals surface area contributed by atoms with Crippen molar-refractivity contribution in [1.82, 2.24) is 4.90 Å². The molecule has 0 radical (unpaired) electrons. The van der Waals surface area contributed by atoms with Crippen LogP contribution in [0.4, 0.5) is 0 Å². The number of ether oxygens (including phenoxy) is 1. The Kier molecular flexibility index (Phi) is 5.05. The average molecular weight is 215 g/mol. The first kappa shape index (κ1) is 12.5. The Balaban J connectivity index is 2.31. The number of carbonyl (C=O) groups excluding carboxylic acids is 1. The summed E-state index contributed by atoms with van der Waals surface area (Å²) in [4.78, 5) is 13.6. The van der Waals surface area contributed by atoms with E-state index in [-0.39, 0.29) is 24.7 Å². The molecule has 0 bridgehead atoms. The highest BCUT2D eigenvalue weighted by Gasteiger charge is 2.25. The summed E-state index contributed by atoms with van der Waals surface area (Å²) < 4.78 is 5.56. The molecule has 2 atom stereocenters. The van der Waals surface area contributed by atoms with Gasteiger partial charge in [0.2, 0.25) is 5.91 Å². The van der Waals surface area contributed by atoms with Gasteiger partial charge >= 0.3 is 0 Å². The predicted octanol–water partition coefficient (Wildman–Crippen LogP) is 0.785. The van der Waals surface area contributed by atoms with E-state index in [0.717, 1.165) is 6.42 Å². The van der Waals surface area contributed by atoms with Gasteiger partial charge in [0.05, 0.1) is 12.2 Å². The minimum absolute atomic E-state index is 0.135. The fourth-order valence-corrected chi connectivity index (χ4v) is 1.93. The predicted molar refractivity (Wildman–Crippen MR) is 57.5 cm³/mol. The maximum absolute atomic E-state index is 11.8. The minimum Gasteiger partial charge on any atom is -0.396 e. The molecule has 0 aromatic heterocycles. The molecule has 1 amide bonds. The number of nitrogens with zero attached hydrogens (tertiary/aromatic N) is 1. The van der Waals surface area contributed by atoms with Gasteiger partial charge in [0.25, 0.3) is 0 Å². The fraction of sp³-hybridized carbons (Fsp3) is 0.909. The lowest BCUT2D eigenvalue weighted by atomic mass is 10.2. The molecule has 1 aliphatic rings. The maximum atomic E-state index is 11.8. The molecule has 0 aromatic rings. The second kappa shape index (κ2) is 6.08. The largest absolute Gasteiger partial charge is 0.396 e. The number of amides is 1. The first-order valence-electron chi connectivity index (χ1n) is 5.67. The van der Waals surface area contributed by atoms with Gasteiger partial charge in [-0.1, -0.05) is 0 Å². The topological polar surface area (TPSA) is 49.8 Å². The Labute approximate surface area is 91.2 Å². The number of morpholine rings is 1. The van der Waals surface area contributed by atoms with Crippen molar-refractivity contribution in [2.75, 3.05) is 19.7 Å². The van der Waals surface area contributed by atoms with E-state index in [1.807, 2.05) is 18.7 Å². The van der Waals surface area contributed by atoms with Crippen LogP contribution in [0.15, 0.2) is 0 Å². The van der Waals surface area contributed by atoms with E-state index in [1.54, 1.807) is 0 Å². The molecule has 1 rings (SSSR count). The van der Waals surface area contributed by atoms with Crippen LogP contribution in [0.5, 0.6) is 0 Å².